The van der Waals surface area contributed by atoms with E-state index >= 15 is 0 Å². The monoisotopic (exact) mass is 331 g/mol. The van der Waals surface area contributed by atoms with Gasteiger partial charge in [-0.15, -0.1) is 0 Å². The molecule has 0 aliphatic heterocycles. The van der Waals surface area contributed by atoms with E-state index in [1.165, 1.54) is 4.68 Å². The second-order valence-electron chi connectivity index (χ2n) is 4.99. The lowest BCUT2D eigenvalue weighted by atomic mass is 10.2. The standard InChI is InChI=1S/C15H14ClN5O2/c1-20-12-4-3-10(16)9-11(12)14(22)13(19-20)15(23)17-6-8-21-7-2-5-18-21/h2-5,7,9H,6,8H2,1H3,(H,17,23). The Morgan fingerprint density at radius 2 is 2.22 bits per heavy atom. The topological polar surface area (TPSA) is 81.8 Å². The zero-order valence-electron chi connectivity index (χ0n) is 12.4. The molecule has 0 aliphatic carbocycles. The van der Waals surface area contributed by atoms with Crippen molar-refractivity contribution in [1.29, 1.82) is 0 Å². The van der Waals surface area contributed by atoms with E-state index < -0.39 is 11.3 Å². The summed E-state index contributed by atoms with van der Waals surface area (Å²) in [5, 5.41) is 11.6. The maximum Gasteiger partial charge on any atom is 0.275 e. The fourth-order valence-corrected chi connectivity index (χ4v) is 2.47. The van der Waals surface area contributed by atoms with E-state index in [0.717, 1.165) is 0 Å². The van der Waals surface area contributed by atoms with Gasteiger partial charge in [0.2, 0.25) is 5.43 Å². The van der Waals surface area contributed by atoms with Gasteiger partial charge in [-0.05, 0) is 24.3 Å². The van der Waals surface area contributed by atoms with E-state index in [0.29, 0.717) is 29.0 Å². The van der Waals surface area contributed by atoms with Gasteiger partial charge in [0.1, 0.15) is 0 Å². The molecule has 2 heterocycles. The van der Waals surface area contributed by atoms with Gasteiger partial charge in [-0.1, -0.05) is 11.6 Å². The molecule has 3 rings (SSSR count). The summed E-state index contributed by atoms with van der Waals surface area (Å²) >= 11 is 5.94. The van der Waals surface area contributed by atoms with Crippen LogP contribution >= 0.6 is 11.6 Å². The molecular weight excluding hydrogens is 318 g/mol. The SMILES string of the molecule is Cn1nc(C(=O)NCCn2cccn2)c(=O)c2cc(Cl)ccc21. The molecule has 1 N–H and O–H groups in total. The highest BCUT2D eigenvalue weighted by Crippen LogP contribution is 2.15. The summed E-state index contributed by atoms with van der Waals surface area (Å²) in [5.74, 6) is -0.514. The summed E-state index contributed by atoms with van der Waals surface area (Å²) in [6.07, 6.45) is 3.45. The van der Waals surface area contributed by atoms with Crippen molar-refractivity contribution in [2.75, 3.05) is 6.54 Å². The molecule has 2 aromatic heterocycles. The molecule has 0 fully saturated rings. The number of benzene rings is 1. The number of aromatic nitrogens is 4. The van der Waals surface area contributed by atoms with Crippen LogP contribution < -0.4 is 10.7 Å². The van der Waals surface area contributed by atoms with Crippen molar-refractivity contribution in [1.82, 2.24) is 24.9 Å². The number of rotatable bonds is 4. The Hall–Kier alpha value is -2.67. The number of fused-ring (bicyclic) bond motifs is 1. The molecule has 0 bridgehead atoms. The molecule has 23 heavy (non-hydrogen) atoms. The molecule has 0 atom stereocenters. The summed E-state index contributed by atoms with van der Waals surface area (Å²) in [5.41, 5.74) is 0.0346. The van der Waals surface area contributed by atoms with Crippen molar-refractivity contribution in [3.05, 3.63) is 57.6 Å². The number of hydrogen-bond acceptors (Lipinski definition) is 4. The van der Waals surface area contributed by atoms with Crippen molar-refractivity contribution in [3.63, 3.8) is 0 Å². The lowest BCUT2D eigenvalue weighted by Crippen LogP contribution is -2.33. The third-order valence-electron chi connectivity index (χ3n) is 3.42. The van der Waals surface area contributed by atoms with Crippen molar-refractivity contribution < 1.29 is 4.79 Å². The van der Waals surface area contributed by atoms with Gasteiger partial charge in [0.05, 0.1) is 17.4 Å². The summed E-state index contributed by atoms with van der Waals surface area (Å²) in [6.45, 7) is 0.859. The van der Waals surface area contributed by atoms with Crippen LogP contribution in [-0.2, 0) is 13.6 Å². The van der Waals surface area contributed by atoms with Gasteiger partial charge in [-0.2, -0.15) is 10.2 Å². The van der Waals surface area contributed by atoms with E-state index in [1.54, 1.807) is 48.4 Å². The first kappa shape index (κ1) is 15.2. The predicted octanol–water partition coefficient (Wildman–Crippen LogP) is 1.21. The molecule has 0 radical (unpaired) electrons. The van der Waals surface area contributed by atoms with Crippen LogP contribution in [0.3, 0.4) is 0 Å². The fraction of sp³-hybridized carbons (Fsp3) is 0.200. The number of carbonyl (C=O) groups excluding carboxylic acids is 1. The normalized spacial score (nSPS) is 10.9. The maximum atomic E-state index is 12.5. The van der Waals surface area contributed by atoms with Crippen molar-refractivity contribution in [2.24, 2.45) is 7.05 Å². The number of hydrogen-bond donors (Lipinski definition) is 1. The molecule has 0 saturated carbocycles. The first-order valence-corrected chi connectivity index (χ1v) is 7.36. The minimum atomic E-state index is -0.514. The van der Waals surface area contributed by atoms with Crippen molar-refractivity contribution >= 4 is 28.4 Å². The molecule has 1 aromatic carbocycles. The van der Waals surface area contributed by atoms with E-state index in [9.17, 15) is 9.59 Å². The van der Waals surface area contributed by atoms with Gasteiger partial charge in [0.15, 0.2) is 5.69 Å². The lowest BCUT2D eigenvalue weighted by molar-refractivity contribution is 0.0944. The number of halogens is 1. The number of nitrogens with zero attached hydrogens (tertiary/aromatic N) is 4. The van der Waals surface area contributed by atoms with Crippen molar-refractivity contribution in [2.45, 2.75) is 6.54 Å². The highest BCUT2D eigenvalue weighted by molar-refractivity contribution is 6.31. The Labute approximate surface area is 136 Å². The molecule has 0 unspecified atom stereocenters. The second kappa shape index (κ2) is 6.21. The molecule has 8 heteroatoms. The van der Waals surface area contributed by atoms with E-state index in [1.807, 2.05) is 0 Å². The Bertz CT molecular complexity index is 918. The molecule has 0 spiro atoms. The molecular formula is C15H14ClN5O2. The van der Waals surface area contributed by atoms with Gasteiger partial charge in [-0.25, -0.2) is 0 Å². The van der Waals surface area contributed by atoms with Gasteiger partial charge >= 0.3 is 0 Å². The smallest absolute Gasteiger partial charge is 0.275 e. The highest BCUT2D eigenvalue weighted by atomic mass is 35.5. The number of carbonyl (C=O) groups is 1. The number of nitrogens with one attached hydrogen (secondary N) is 1. The van der Waals surface area contributed by atoms with E-state index in [2.05, 4.69) is 15.5 Å². The average Bonchev–Trinajstić information content (AvgIpc) is 3.04. The largest absolute Gasteiger partial charge is 0.349 e. The van der Waals surface area contributed by atoms with Gasteiger partial charge in [-0.3, -0.25) is 19.0 Å². The van der Waals surface area contributed by atoms with Crippen LogP contribution in [0, 0.1) is 0 Å². The van der Waals surface area contributed by atoms with Crippen LogP contribution in [0.1, 0.15) is 10.5 Å². The Morgan fingerprint density at radius 1 is 1.39 bits per heavy atom. The third-order valence-corrected chi connectivity index (χ3v) is 3.65. The fourth-order valence-electron chi connectivity index (χ4n) is 2.30. The summed E-state index contributed by atoms with van der Waals surface area (Å²) in [4.78, 5) is 24.7. The van der Waals surface area contributed by atoms with Crippen LogP contribution in [0.15, 0.2) is 41.5 Å². The zero-order valence-corrected chi connectivity index (χ0v) is 13.1. The number of aryl methyl sites for hydroxylation is 1. The minimum Gasteiger partial charge on any atom is -0.349 e. The first-order valence-electron chi connectivity index (χ1n) is 6.98. The van der Waals surface area contributed by atoms with Gasteiger partial charge in [0, 0.05) is 31.0 Å². The predicted molar refractivity (Wildman–Crippen MR) is 86.6 cm³/mol. The van der Waals surface area contributed by atoms with Crippen LogP contribution in [-0.4, -0.2) is 32.0 Å². The van der Waals surface area contributed by atoms with Gasteiger partial charge < -0.3 is 5.32 Å². The number of amides is 1. The molecule has 118 valence electrons. The Kier molecular flexibility index (Phi) is 4.12. The van der Waals surface area contributed by atoms with Crippen LogP contribution in [0.25, 0.3) is 10.9 Å². The summed E-state index contributed by atoms with van der Waals surface area (Å²) in [7, 11) is 1.68. The molecule has 7 nitrogen and oxygen atoms in total. The van der Waals surface area contributed by atoms with E-state index in [4.69, 9.17) is 11.6 Å². The Balaban J connectivity index is 1.85. The molecule has 0 saturated heterocycles. The Morgan fingerprint density at radius 3 is 2.96 bits per heavy atom. The average molecular weight is 332 g/mol. The lowest BCUT2D eigenvalue weighted by Gasteiger charge is -2.09. The van der Waals surface area contributed by atoms with Crippen LogP contribution in [0.2, 0.25) is 5.02 Å². The third kappa shape index (κ3) is 3.09. The molecule has 1 amide bonds. The van der Waals surface area contributed by atoms with E-state index in [-0.39, 0.29) is 5.69 Å². The van der Waals surface area contributed by atoms with Gasteiger partial charge in [0.25, 0.3) is 5.91 Å². The van der Waals surface area contributed by atoms with Crippen molar-refractivity contribution in [3.8, 4) is 0 Å². The van der Waals surface area contributed by atoms with Crippen LogP contribution in [0.4, 0.5) is 0 Å². The summed E-state index contributed by atoms with van der Waals surface area (Å²) in [6, 6.07) is 6.72. The quantitative estimate of drug-likeness (QED) is 0.779. The first-order chi connectivity index (χ1) is 11.1. The molecule has 3 aromatic rings. The minimum absolute atomic E-state index is 0.150. The zero-order chi connectivity index (χ0) is 16.4. The summed E-state index contributed by atoms with van der Waals surface area (Å²) < 4.78 is 3.18. The van der Waals surface area contributed by atoms with Crippen LogP contribution in [0.5, 0.6) is 0 Å². The second-order valence-corrected chi connectivity index (χ2v) is 5.42. The molecule has 0 aliphatic rings. The maximum absolute atomic E-state index is 12.5. The highest BCUT2D eigenvalue weighted by Gasteiger charge is 2.16.